The third-order valence-corrected chi connectivity index (χ3v) is 3.70. The highest BCUT2D eigenvalue weighted by atomic mass is 16.5. The molecule has 2 rings (SSSR count). The predicted octanol–water partition coefficient (Wildman–Crippen LogP) is 2.07. The molecule has 1 aliphatic heterocycles. The minimum atomic E-state index is -0.506. The summed E-state index contributed by atoms with van der Waals surface area (Å²) in [5.41, 5.74) is 1.07. The molecule has 0 fully saturated rings. The zero-order valence-electron chi connectivity index (χ0n) is 12.3. The van der Waals surface area contributed by atoms with E-state index in [9.17, 15) is 9.90 Å². The summed E-state index contributed by atoms with van der Waals surface area (Å²) in [5.74, 6) is 1.09. The number of carbonyl (C=O) groups is 1. The molecular weight excluding hydrogens is 254 g/mol. The SMILES string of the molecule is CC(C)CC(CO)NC(=O)C1Oc2ccccc2C1C. The normalized spacial score (nSPS) is 22.2. The summed E-state index contributed by atoms with van der Waals surface area (Å²) in [6.45, 7) is 6.09. The van der Waals surface area contributed by atoms with Crippen LogP contribution < -0.4 is 10.1 Å². The second-order valence-electron chi connectivity index (χ2n) is 5.88. The molecule has 1 heterocycles. The molecule has 0 bridgehead atoms. The van der Waals surface area contributed by atoms with E-state index >= 15 is 0 Å². The monoisotopic (exact) mass is 277 g/mol. The van der Waals surface area contributed by atoms with E-state index in [4.69, 9.17) is 4.74 Å². The number of hydrogen-bond donors (Lipinski definition) is 2. The van der Waals surface area contributed by atoms with Crippen molar-refractivity contribution >= 4 is 5.91 Å². The standard InChI is InChI=1S/C16H23NO3/c1-10(2)8-12(9-18)17-16(19)15-11(3)13-6-4-5-7-14(13)20-15/h4-7,10-12,15,18H,8-9H2,1-3H3,(H,17,19). The van der Waals surface area contributed by atoms with E-state index in [1.54, 1.807) is 0 Å². The largest absolute Gasteiger partial charge is 0.480 e. The Morgan fingerprint density at radius 3 is 2.70 bits per heavy atom. The Bertz CT molecular complexity index is 473. The number of amides is 1. The summed E-state index contributed by atoms with van der Waals surface area (Å²) >= 11 is 0. The fourth-order valence-electron chi connectivity index (χ4n) is 2.68. The van der Waals surface area contributed by atoms with Gasteiger partial charge in [-0.25, -0.2) is 0 Å². The number of hydrogen-bond acceptors (Lipinski definition) is 3. The van der Waals surface area contributed by atoms with E-state index in [0.29, 0.717) is 5.92 Å². The quantitative estimate of drug-likeness (QED) is 0.866. The first-order valence-corrected chi connectivity index (χ1v) is 7.19. The van der Waals surface area contributed by atoms with Gasteiger partial charge < -0.3 is 15.2 Å². The van der Waals surface area contributed by atoms with Crippen LogP contribution in [0.4, 0.5) is 0 Å². The molecule has 0 aliphatic carbocycles. The zero-order chi connectivity index (χ0) is 14.7. The molecule has 1 aliphatic rings. The molecule has 1 aromatic rings. The van der Waals surface area contributed by atoms with Crippen LogP contribution in [0.5, 0.6) is 5.75 Å². The minimum absolute atomic E-state index is 0.0320. The number of nitrogens with one attached hydrogen (secondary N) is 1. The molecule has 1 amide bonds. The van der Waals surface area contributed by atoms with Crippen LogP contribution in [-0.4, -0.2) is 29.8 Å². The fraction of sp³-hybridized carbons (Fsp3) is 0.562. The summed E-state index contributed by atoms with van der Waals surface area (Å²) < 4.78 is 5.74. The van der Waals surface area contributed by atoms with Gasteiger partial charge in [0.2, 0.25) is 0 Å². The molecule has 110 valence electrons. The number of benzene rings is 1. The first kappa shape index (κ1) is 14.9. The third-order valence-electron chi connectivity index (χ3n) is 3.70. The van der Waals surface area contributed by atoms with Gasteiger partial charge in [-0.2, -0.15) is 0 Å². The zero-order valence-corrected chi connectivity index (χ0v) is 12.3. The van der Waals surface area contributed by atoms with Crippen molar-refractivity contribution in [2.45, 2.75) is 45.3 Å². The van der Waals surface area contributed by atoms with Gasteiger partial charge in [0.25, 0.3) is 5.91 Å². The molecular formula is C16H23NO3. The van der Waals surface area contributed by atoms with Crippen LogP contribution in [0.25, 0.3) is 0 Å². The lowest BCUT2D eigenvalue weighted by atomic mass is 9.96. The highest BCUT2D eigenvalue weighted by Gasteiger charge is 2.36. The first-order chi connectivity index (χ1) is 9.52. The Morgan fingerprint density at radius 1 is 1.40 bits per heavy atom. The van der Waals surface area contributed by atoms with Crippen molar-refractivity contribution in [1.29, 1.82) is 0 Å². The van der Waals surface area contributed by atoms with Crippen molar-refractivity contribution in [2.24, 2.45) is 5.92 Å². The minimum Gasteiger partial charge on any atom is -0.480 e. The maximum absolute atomic E-state index is 12.3. The van der Waals surface area contributed by atoms with Gasteiger partial charge in [-0.15, -0.1) is 0 Å². The van der Waals surface area contributed by atoms with Crippen LogP contribution in [0.3, 0.4) is 0 Å². The van der Waals surface area contributed by atoms with Crippen molar-refractivity contribution in [2.75, 3.05) is 6.61 Å². The highest BCUT2D eigenvalue weighted by molar-refractivity contribution is 5.83. The molecule has 2 N–H and O–H groups in total. The number of fused-ring (bicyclic) bond motifs is 1. The maximum Gasteiger partial charge on any atom is 0.262 e. The third kappa shape index (κ3) is 3.12. The fourth-order valence-corrected chi connectivity index (χ4v) is 2.68. The molecule has 0 saturated heterocycles. The molecule has 1 aromatic carbocycles. The van der Waals surface area contributed by atoms with Gasteiger partial charge >= 0.3 is 0 Å². The van der Waals surface area contributed by atoms with Gasteiger partial charge in [-0.1, -0.05) is 39.0 Å². The van der Waals surface area contributed by atoms with Gasteiger partial charge in [-0.05, 0) is 18.4 Å². The summed E-state index contributed by atoms with van der Waals surface area (Å²) in [6, 6.07) is 7.53. The number of aliphatic hydroxyl groups is 1. The van der Waals surface area contributed by atoms with Crippen LogP contribution >= 0.6 is 0 Å². The molecule has 20 heavy (non-hydrogen) atoms. The topological polar surface area (TPSA) is 58.6 Å². The Kier molecular flexibility index (Phi) is 4.65. The van der Waals surface area contributed by atoms with Gasteiger partial charge in [0.05, 0.1) is 12.6 Å². The summed E-state index contributed by atoms with van der Waals surface area (Å²) in [5, 5.41) is 12.2. The van der Waals surface area contributed by atoms with Crippen LogP contribution in [-0.2, 0) is 4.79 Å². The molecule has 3 atom stereocenters. The first-order valence-electron chi connectivity index (χ1n) is 7.19. The van der Waals surface area contributed by atoms with E-state index in [2.05, 4.69) is 19.2 Å². The highest BCUT2D eigenvalue weighted by Crippen LogP contribution is 2.37. The average Bonchev–Trinajstić information content (AvgIpc) is 2.75. The summed E-state index contributed by atoms with van der Waals surface area (Å²) in [4.78, 5) is 12.3. The van der Waals surface area contributed by atoms with E-state index in [1.165, 1.54) is 0 Å². The van der Waals surface area contributed by atoms with Crippen molar-refractivity contribution in [3.8, 4) is 5.75 Å². The number of ether oxygens (including phenoxy) is 1. The Labute approximate surface area is 120 Å². The Balaban J connectivity index is 2.01. The smallest absolute Gasteiger partial charge is 0.262 e. The van der Waals surface area contributed by atoms with Gasteiger partial charge in [0.15, 0.2) is 6.10 Å². The van der Waals surface area contributed by atoms with Gasteiger partial charge in [-0.3, -0.25) is 4.79 Å². The van der Waals surface area contributed by atoms with E-state index in [0.717, 1.165) is 17.7 Å². The van der Waals surface area contributed by atoms with Crippen molar-refractivity contribution in [1.82, 2.24) is 5.32 Å². The molecule has 0 radical (unpaired) electrons. The predicted molar refractivity (Wildman–Crippen MR) is 77.7 cm³/mol. The number of carbonyl (C=O) groups excluding carboxylic acids is 1. The van der Waals surface area contributed by atoms with E-state index < -0.39 is 6.10 Å². The molecule has 3 unspecified atom stereocenters. The summed E-state index contributed by atoms with van der Waals surface area (Å²) in [7, 11) is 0. The second kappa shape index (κ2) is 6.27. The average molecular weight is 277 g/mol. The Morgan fingerprint density at radius 2 is 2.10 bits per heavy atom. The van der Waals surface area contributed by atoms with Crippen molar-refractivity contribution < 1.29 is 14.6 Å². The molecule has 0 saturated carbocycles. The lowest BCUT2D eigenvalue weighted by Crippen LogP contribution is -2.46. The van der Waals surface area contributed by atoms with Gasteiger partial charge in [0.1, 0.15) is 5.75 Å². The van der Waals surface area contributed by atoms with Crippen molar-refractivity contribution in [3.05, 3.63) is 29.8 Å². The van der Waals surface area contributed by atoms with Crippen LogP contribution in [0.1, 0.15) is 38.7 Å². The molecule has 0 spiro atoms. The van der Waals surface area contributed by atoms with Crippen LogP contribution in [0.15, 0.2) is 24.3 Å². The maximum atomic E-state index is 12.3. The van der Waals surface area contributed by atoms with Crippen LogP contribution in [0, 0.1) is 5.92 Å². The molecule has 4 nitrogen and oxygen atoms in total. The molecule has 4 heteroatoms. The van der Waals surface area contributed by atoms with E-state index in [-0.39, 0.29) is 24.5 Å². The Hall–Kier alpha value is -1.55. The van der Waals surface area contributed by atoms with Gasteiger partial charge in [0, 0.05) is 11.5 Å². The van der Waals surface area contributed by atoms with Crippen molar-refractivity contribution in [3.63, 3.8) is 0 Å². The lowest BCUT2D eigenvalue weighted by molar-refractivity contribution is -0.129. The number of para-hydroxylation sites is 1. The number of aliphatic hydroxyl groups excluding tert-OH is 1. The molecule has 0 aromatic heterocycles. The number of rotatable bonds is 5. The summed E-state index contributed by atoms with van der Waals surface area (Å²) in [6.07, 6.45) is 0.254. The second-order valence-corrected chi connectivity index (χ2v) is 5.88. The van der Waals surface area contributed by atoms with E-state index in [1.807, 2.05) is 31.2 Å². The van der Waals surface area contributed by atoms with Crippen LogP contribution in [0.2, 0.25) is 0 Å². The lowest BCUT2D eigenvalue weighted by Gasteiger charge is -2.22.